The van der Waals surface area contributed by atoms with Crippen molar-refractivity contribution in [3.05, 3.63) is 18.2 Å². The van der Waals surface area contributed by atoms with Gasteiger partial charge < -0.3 is 9.84 Å². The zero-order valence-corrected chi connectivity index (χ0v) is 11.7. The van der Waals surface area contributed by atoms with E-state index in [1.807, 2.05) is 0 Å². The van der Waals surface area contributed by atoms with Gasteiger partial charge in [0, 0.05) is 6.07 Å². The Morgan fingerprint density at radius 3 is 2.43 bits per heavy atom. The predicted octanol–water partition coefficient (Wildman–Crippen LogP) is -2.98. The summed E-state index contributed by atoms with van der Waals surface area (Å²) in [6.07, 6.45) is 0. The molecule has 0 fully saturated rings. The van der Waals surface area contributed by atoms with Crippen LogP contribution in [0.5, 0.6) is 11.5 Å². The molecule has 1 N–H and O–H groups in total. The average Bonchev–Trinajstić information content (AvgIpc) is 2.03. The molecule has 1 aromatic carbocycles. The topological polar surface area (TPSA) is 86.7 Å². The van der Waals surface area contributed by atoms with Crippen LogP contribution in [-0.4, -0.2) is 20.1 Å². The molecule has 0 atom stereocenters. The summed E-state index contributed by atoms with van der Waals surface area (Å²) in [7, 11) is -3.03. The molecule has 72 valence electrons. The second-order valence-corrected chi connectivity index (χ2v) is 3.71. The van der Waals surface area contributed by atoms with Crippen LogP contribution in [0.25, 0.3) is 0 Å². The van der Waals surface area contributed by atoms with E-state index in [-0.39, 0.29) is 62.0 Å². The van der Waals surface area contributed by atoms with E-state index in [0.29, 0.717) is 0 Å². The number of ether oxygens (including phenoxy) is 1. The maximum absolute atomic E-state index is 10.9. The van der Waals surface area contributed by atoms with E-state index in [2.05, 4.69) is 4.74 Å². The SMILES string of the molecule is COc1cc(S(=O)(=O)O)ccc1[O-].[K+]. The minimum Gasteiger partial charge on any atom is -0.870 e. The summed E-state index contributed by atoms with van der Waals surface area (Å²) >= 11 is 0. The summed E-state index contributed by atoms with van der Waals surface area (Å²) in [5.41, 5.74) is 0. The molecule has 0 aliphatic rings. The van der Waals surface area contributed by atoms with E-state index < -0.39 is 15.9 Å². The molecule has 0 amide bonds. The fourth-order valence-electron chi connectivity index (χ4n) is 0.808. The van der Waals surface area contributed by atoms with Crippen LogP contribution in [0, 0.1) is 0 Å². The van der Waals surface area contributed by atoms with E-state index in [9.17, 15) is 13.5 Å². The first-order valence-corrected chi connectivity index (χ1v) is 4.71. The van der Waals surface area contributed by atoms with Crippen LogP contribution in [0.15, 0.2) is 23.1 Å². The van der Waals surface area contributed by atoms with Gasteiger partial charge in [0.25, 0.3) is 10.1 Å². The summed E-state index contributed by atoms with van der Waals surface area (Å²) < 4.78 is 34.4. The molecular weight excluding hydrogens is 235 g/mol. The van der Waals surface area contributed by atoms with E-state index in [4.69, 9.17) is 4.55 Å². The largest absolute Gasteiger partial charge is 1.00 e. The van der Waals surface area contributed by atoms with Crippen LogP contribution in [-0.2, 0) is 10.1 Å². The fraction of sp³-hybridized carbons (Fsp3) is 0.143. The van der Waals surface area contributed by atoms with Crippen LogP contribution in [0.1, 0.15) is 0 Å². The minimum absolute atomic E-state index is 0. The molecule has 0 saturated carbocycles. The zero-order valence-electron chi connectivity index (χ0n) is 7.72. The van der Waals surface area contributed by atoms with Crippen molar-refractivity contribution in [2.75, 3.05) is 7.11 Å². The van der Waals surface area contributed by atoms with Crippen LogP contribution in [0.4, 0.5) is 0 Å². The van der Waals surface area contributed by atoms with Gasteiger partial charge in [-0.1, -0.05) is 11.8 Å². The smallest absolute Gasteiger partial charge is 0.870 e. The Balaban J connectivity index is 0.00000169. The summed E-state index contributed by atoms with van der Waals surface area (Å²) in [6.45, 7) is 0. The molecule has 0 aliphatic heterocycles. The van der Waals surface area contributed by atoms with Gasteiger partial charge in [0.15, 0.2) is 0 Å². The Bertz CT molecular complexity index is 414. The first kappa shape index (κ1) is 14.4. The molecule has 1 aromatic rings. The van der Waals surface area contributed by atoms with Gasteiger partial charge in [-0.25, -0.2) is 0 Å². The van der Waals surface area contributed by atoms with E-state index in [0.717, 1.165) is 18.2 Å². The van der Waals surface area contributed by atoms with Gasteiger partial charge >= 0.3 is 51.4 Å². The third kappa shape index (κ3) is 3.50. The van der Waals surface area contributed by atoms with Gasteiger partial charge in [-0.2, -0.15) is 8.42 Å². The molecule has 0 radical (unpaired) electrons. The molecule has 0 unspecified atom stereocenters. The standard InChI is InChI=1S/C7H8O5S.K/c1-12-7-4-5(13(9,10)11)2-3-6(7)8;/h2-4,8H,1H3,(H,9,10,11);/q;+1/p-1. The van der Waals surface area contributed by atoms with Crippen molar-refractivity contribution in [3.63, 3.8) is 0 Å². The van der Waals surface area contributed by atoms with Crippen LogP contribution >= 0.6 is 0 Å². The van der Waals surface area contributed by atoms with E-state index in [1.54, 1.807) is 0 Å². The number of methoxy groups -OCH3 is 1. The maximum Gasteiger partial charge on any atom is 1.00 e. The van der Waals surface area contributed by atoms with Crippen LogP contribution < -0.4 is 61.2 Å². The van der Waals surface area contributed by atoms with Gasteiger partial charge in [-0.15, -0.1) is 0 Å². The molecule has 1 rings (SSSR count). The van der Waals surface area contributed by atoms with E-state index >= 15 is 0 Å². The maximum atomic E-state index is 10.9. The first-order valence-electron chi connectivity index (χ1n) is 3.27. The first-order chi connectivity index (χ1) is 5.95. The van der Waals surface area contributed by atoms with Crippen LogP contribution in [0.3, 0.4) is 0 Å². The summed E-state index contributed by atoms with van der Waals surface area (Å²) in [5.74, 6) is -0.551. The van der Waals surface area contributed by atoms with Gasteiger partial charge in [0.2, 0.25) is 0 Å². The summed E-state index contributed by atoms with van der Waals surface area (Å²) in [4.78, 5) is -0.357. The Morgan fingerprint density at radius 2 is 2.00 bits per heavy atom. The Hall–Kier alpha value is 0.366. The van der Waals surface area contributed by atoms with Crippen molar-refractivity contribution in [1.29, 1.82) is 0 Å². The third-order valence-corrected chi connectivity index (χ3v) is 2.28. The molecule has 14 heavy (non-hydrogen) atoms. The van der Waals surface area contributed by atoms with Crippen molar-refractivity contribution >= 4 is 10.1 Å². The second kappa shape index (κ2) is 5.45. The zero-order chi connectivity index (χ0) is 10.1. The Kier molecular flexibility index (Phi) is 5.59. The Morgan fingerprint density at radius 1 is 1.43 bits per heavy atom. The fourth-order valence-corrected chi connectivity index (χ4v) is 1.30. The minimum atomic E-state index is -4.27. The van der Waals surface area contributed by atoms with Crippen LogP contribution in [0.2, 0.25) is 0 Å². The quantitative estimate of drug-likeness (QED) is 0.442. The van der Waals surface area contributed by atoms with Crippen molar-refractivity contribution in [2.45, 2.75) is 4.90 Å². The molecule has 0 saturated heterocycles. The molecule has 7 heteroatoms. The normalized spacial score (nSPS) is 10.4. The van der Waals surface area contributed by atoms with Crippen molar-refractivity contribution in [1.82, 2.24) is 0 Å². The predicted molar refractivity (Wildman–Crippen MR) is 42.3 cm³/mol. The van der Waals surface area contributed by atoms with Crippen molar-refractivity contribution in [3.8, 4) is 11.5 Å². The van der Waals surface area contributed by atoms with Gasteiger partial charge in [0.05, 0.1) is 12.0 Å². The summed E-state index contributed by atoms with van der Waals surface area (Å²) in [5, 5.41) is 10.9. The molecular formula is C7H7KO5S. The number of hydrogen-bond acceptors (Lipinski definition) is 4. The number of benzene rings is 1. The van der Waals surface area contributed by atoms with Gasteiger partial charge in [-0.3, -0.25) is 4.55 Å². The molecule has 0 spiro atoms. The molecule has 0 aliphatic carbocycles. The number of hydrogen-bond donors (Lipinski definition) is 1. The molecule has 0 bridgehead atoms. The van der Waals surface area contributed by atoms with Gasteiger partial charge in [0.1, 0.15) is 5.75 Å². The monoisotopic (exact) mass is 242 g/mol. The molecule has 5 nitrogen and oxygen atoms in total. The van der Waals surface area contributed by atoms with Gasteiger partial charge in [-0.05, 0) is 6.07 Å². The average molecular weight is 242 g/mol. The summed E-state index contributed by atoms with van der Waals surface area (Å²) in [6, 6.07) is 3.00. The number of rotatable bonds is 2. The molecule has 0 heterocycles. The second-order valence-electron chi connectivity index (χ2n) is 2.29. The van der Waals surface area contributed by atoms with Crippen molar-refractivity contribution < 1.29 is 74.2 Å². The van der Waals surface area contributed by atoms with E-state index in [1.165, 1.54) is 7.11 Å². The third-order valence-electron chi connectivity index (χ3n) is 1.43. The molecule has 0 aromatic heterocycles. The Labute approximate surface area is 124 Å². The van der Waals surface area contributed by atoms with Crippen molar-refractivity contribution in [2.24, 2.45) is 0 Å².